The van der Waals surface area contributed by atoms with Gasteiger partial charge >= 0.3 is 0 Å². The van der Waals surface area contributed by atoms with E-state index in [9.17, 15) is 4.79 Å². The van der Waals surface area contributed by atoms with Crippen LogP contribution in [0.3, 0.4) is 0 Å². The summed E-state index contributed by atoms with van der Waals surface area (Å²) in [6.45, 7) is 0. The van der Waals surface area contributed by atoms with Crippen LogP contribution < -0.4 is 10.9 Å². The molecule has 1 aromatic heterocycles. The minimum absolute atomic E-state index is 0.137. The lowest BCUT2D eigenvalue weighted by Crippen LogP contribution is -2.31. The van der Waals surface area contributed by atoms with Crippen LogP contribution >= 0.6 is 15.9 Å². The lowest BCUT2D eigenvalue weighted by Gasteiger charge is -2.21. The van der Waals surface area contributed by atoms with E-state index in [0.717, 1.165) is 24.9 Å². The van der Waals surface area contributed by atoms with Crippen molar-refractivity contribution in [3.63, 3.8) is 0 Å². The topological polar surface area (TPSA) is 56.1 Å². The molecule has 2 unspecified atom stereocenters. The number of halogens is 1. The Morgan fingerprint density at radius 2 is 2.35 bits per heavy atom. The van der Waals surface area contributed by atoms with Gasteiger partial charge in [0.05, 0.1) is 24.0 Å². The molecule has 0 aliphatic heterocycles. The second kappa shape index (κ2) is 5.18. The van der Waals surface area contributed by atoms with Gasteiger partial charge in [0.1, 0.15) is 4.47 Å². The second-order valence-electron chi connectivity index (χ2n) is 4.26. The first-order valence-corrected chi connectivity index (χ1v) is 6.44. The molecule has 2 rings (SSSR count). The lowest BCUT2D eigenvalue weighted by atomic mass is 10.2. The summed E-state index contributed by atoms with van der Waals surface area (Å²) in [4.78, 5) is 11.7. The van der Waals surface area contributed by atoms with Crippen LogP contribution in [-0.4, -0.2) is 29.0 Å². The molecule has 0 bridgehead atoms. The van der Waals surface area contributed by atoms with E-state index < -0.39 is 0 Å². The standard InChI is InChI=1S/C11H16BrN3O2/c1-15-11(16)10(12)8(6-13-15)14-7-4-3-5-9(7)17-2/h6-7,9,14H,3-5H2,1-2H3. The van der Waals surface area contributed by atoms with E-state index in [1.165, 1.54) is 4.68 Å². The summed E-state index contributed by atoms with van der Waals surface area (Å²) in [6.07, 6.45) is 5.14. The summed E-state index contributed by atoms with van der Waals surface area (Å²) in [5.74, 6) is 0. The zero-order valence-electron chi connectivity index (χ0n) is 9.94. The van der Waals surface area contributed by atoms with Gasteiger partial charge in [-0.3, -0.25) is 4.79 Å². The third-order valence-electron chi connectivity index (χ3n) is 3.17. The Labute approximate surface area is 108 Å². The monoisotopic (exact) mass is 301 g/mol. The lowest BCUT2D eigenvalue weighted by molar-refractivity contribution is 0.101. The largest absolute Gasteiger partial charge is 0.379 e. The molecule has 1 fully saturated rings. The van der Waals surface area contributed by atoms with Crippen molar-refractivity contribution in [2.45, 2.75) is 31.4 Å². The van der Waals surface area contributed by atoms with Crippen molar-refractivity contribution >= 4 is 21.6 Å². The fraction of sp³-hybridized carbons (Fsp3) is 0.636. The zero-order chi connectivity index (χ0) is 12.4. The van der Waals surface area contributed by atoms with Gasteiger partial charge in [-0.05, 0) is 35.2 Å². The van der Waals surface area contributed by atoms with Gasteiger partial charge in [0, 0.05) is 14.2 Å². The van der Waals surface area contributed by atoms with Gasteiger partial charge in [-0.2, -0.15) is 5.10 Å². The first-order valence-electron chi connectivity index (χ1n) is 5.64. The highest BCUT2D eigenvalue weighted by molar-refractivity contribution is 9.10. The summed E-state index contributed by atoms with van der Waals surface area (Å²) >= 11 is 3.30. The maximum absolute atomic E-state index is 11.7. The number of hydrogen-bond acceptors (Lipinski definition) is 4. The highest BCUT2D eigenvalue weighted by Gasteiger charge is 2.27. The third-order valence-corrected chi connectivity index (χ3v) is 3.94. The maximum atomic E-state index is 11.7. The van der Waals surface area contributed by atoms with Crippen LogP contribution in [-0.2, 0) is 11.8 Å². The minimum atomic E-state index is -0.137. The average molecular weight is 302 g/mol. The molecule has 94 valence electrons. The molecule has 2 atom stereocenters. The molecule has 0 aromatic carbocycles. The smallest absolute Gasteiger partial charge is 0.282 e. The van der Waals surface area contributed by atoms with Crippen molar-refractivity contribution in [2.75, 3.05) is 12.4 Å². The normalized spacial score (nSPS) is 23.9. The van der Waals surface area contributed by atoms with Crippen LogP contribution in [0.5, 0.6) is 0 Å². The second-order valence-corrected chi connectivity index (χ2v) is 5.05. The molecular weight excluding hydrogens is 286 g/mol. The van der Waals surface area contributed by atoms with Crippen LogP contribution in [0.4, 0.5) is 5.69 Å². The summed E-state index contributed by atoms with van der Waals surface area (Å²) in [7, 11) is 3.35. The number of rotatable bonds is 3. The molecule has 5 nitrogen and oxygen atoms in total. The average Bonchev–Trinajstić information content (AvgIpc) is 2.77. The predicted molar refractivity (Wildman–Crippen MR) is 69.2 cm³/mol. The maximum Gasteiger partial charge on any atom is 0.282 e. The number of aromatic nitrogens is 2. The van der Waals surface area contributed by atoms with E-state index in [0.29, 0.717) is 4.47 Å². The Bertz CT molecular complexity index is 461. The van der Waals surface area contributed by atoms with Gasteiger partial charge in [-0.15, -0.1) is 0 Å². The summed E-state index contributed by atoms with van der Waals surface area (Å²) < 4.78 is 7.24. The van der Waals surface area contributed by atoms with Crippen LogP contribution in [0.25, 0.3) is 0 Å². The number of ether oxygens (including phenoxy) is 1. The molecule has 1 aromatic rings. The summed E-state index contributed by atoms with van der Waals surface area (Å²) in [6, 6.07) is 0.255. The number of methoxy groups -OCH3 is 1. The number of hydrogen-bond donors (Lipinski definition) is 1. The van der Waals surface area contributed by atoms with Crippen molar-refractivity contribution in [1.29, 1.82) is 0 Å². The molecule has 1 aliphatic carbocycles. The molecule has 0 saturated heterocycles. The van der Waals surface area contributed by atoms with Crippen LogP contribution in [0.15, 0.2) is 15.5 Å². The minimum Gasteiger partial charge on any atom is -0.379 e. The summed E-state index contributed by atoms with van der Waals surface area (Å²) in [5, 5.41) is 7.33. The van der Waals surface area contributed by atoms with Crippen LogP contribution in [0.2, 0.25) is 0 Å². The SMILES string of the molecule is COC1CCCC1Nc1cnn(C)c(=O)c1Br. The van der Waals surface area contributed by atoms with E-state index in [-0.39, 0.29) is 17.7 Å². The molecule has 1 saturated carbocycles. The van der Waals surface area contributed by atoms with Gasteiger partial charge in [-0.25, -0.2) is 4.68 Å². The number of aryl methyl sites for hydroxylation is 1. The first kappa shape index (κ1) is 12.6. The van der Waals surface area contributed by atoms with E-state index in [1.54, 1.807) is 20.4 Å². The van der Waals surface area contributed by atoms with E-state index in [1.807, 2.05) is 0 Å². The molecule has 1 heterocycles. The molecular formula is C11H16BrN3O2. The van der Waals surface area contributed by atoms with E-state index in [4.69, 9.17) is 4.74 Å². The Morgan fingerprint density at radius 1 is 1.59 bits per heavy atom. The highest BCUT2D eigenvalue weighted by atomic mass is 79.9. The van der Waals surface area contributed by atoms with Crippen LogP contribution in [0, 0.1) is 0 Å². The Hall–Kier alpha value is -0.880. The van der Waals surface area contributed by atoms with Crippen molar-refractivity contribution < 1.29 is 4.74 Å². The van der Waals surface area contributed by atoms with E-state index >= 15 is 0 Å². The molecule has 1 N–H and O–H groups in total. The summed E-state index contributed by atoms with van der Waals surface area (Å²) in [5.41, 5.74) is 0.601. The van der Waals surface area contributed by atoms with Gasteiger partial charge in [-0.1, -0.05) is 0 Å². The van der Waals surface area contributed by atoms with Crippen LogP contribution in [0.1, 0.15) is 19.3 Å². The molecule has 0 radical (unpaired) electrons. The van der Waals surface area contributed by atoms with Gasteiger partial charge in [0.2, 0.25) is 0 Å². The van der Waals surface area contributed by atoms with Crippen molar-refractivity contribution in [3.05, 3.63) is 21.0 Å². The number of nitrogens with one attached hydrogen (secondary N) is 1. The number of nitrogens with zero attached hydrogens (tertiary/aromatic N) is 2. The Balaban J connectivity index is 2.19. The first-order chi connectivity index (χ1) is 8.13. The highest BCUT2D eigenvalue weighted by Crippen LogP contribution is 2.26. The zero-order valence-corrected chi connectivity index (χ0v) is 11.5. The third kappa shape index (κ3) is 2.52. The van der Waals surface area contributed by atoms with Crippen molar-refractivity contribution in [3.8, 4) is 0 Å². The number of anilines is 1. The fourth-order valence-electron chi connectivity index (χ4n) is 2.18. The molecule has 0 amide bonds. The fourth-order valence-corrected chi connectivity index (χ4v) is 2.66. The molecule has 0 spiro atoms. The van der Waals surface area contributed by atoms with E-state index in [2.05, 4.69) is 26.3 Å². The Morgan fingerprint density at radius 3 is 3.06 bits per heavy atom. The predicted octanol–water partition coefficient (Wildman–Crippen LogP) is 1.52. The molecule has 1 aliphatic rings. The molecule has 17 heavy (non-hydrogen) atoms. The van der Waals surface area contributed by atoms with Gasteiger partial charge in [0.15, 0.2) is 0 Å². The van der Waals surface area contributed by atoms with Gasteiger partial charge in [0.25, 0.3) is 5.56 Å². The quantitative estimate of drug-likeness (QED) is 0.920. The van der Waals surface area contributed by atoms with Crippen molar-refractivity contribution in [1.82, 2.24) is 9.78 Å². The molecule has 6 heteroatoms. The van der Waals surface area contributed by atoms with Gasteiger partial charge < -0.3 is 10.1 Å². The Kier molecular flexibility index (Phi) is 3.83. The van der Waals surface area contributed by atoms with Crippen molar-refractivity contribution in [2.24, 2.45) is 7.05 Å².